The lowest BCUT2D eigenvalue weighted by atomic mass is 10.1. The quantitative estimate of drug-likeness (QED) is 0.854. The van der Waals surface area contributed by atoms with Gasteiger partial charge in [-0.2, -0.15) is 13.2 Å². The van der Waals surface area contributed by atoms with Crippen LogP contribution >= 0.6 is 0 Å². The first-order chi connectivity index (χ1) is 9.77. The van der Waals surface area contributed by atoms with Crippen LogP contribution in [-0.2, 0) is 6.18 Å². The summed E-state index contributed by atoms with van der Waals surface area (Å²) < 4.78 is 44.0. The van der Waals surface area contributed by atoms with Crippen molar-refractivity contribution in [2.45, 2.75) is 6.18 Å². The molecule has 21 heavy (non-hydrogen) atoms. The van der Waals surface area contributed by atoms with Crippen LogP contribution in [-0.4, -0.2) is 5.91 Å². The van der Waals surface area contributed by atoms with Crippen LogP contribution in [0.25, 0.3) is 0 Å². The molecule has 0 heterocycles. The molecule has 110 valence electrons. The predicted octanol–water partition coefficient (Wildman–Crippen LogP) is 3.18. The number of carbonyl (C=O) groups excluding carboxylic acids is 1. The minimum absolute atomic E-state index is 0.0714. The highest BCUT2D eigenvalue weighted by Gasteiger charge is 2.35. The Morgan fingerprint density at radius 1 is 1.05 bits per heavy atom. The van der Waals surface area contributed by atoms with E-state index in [0.29, 0.717) is 5.69 Å². The van der Waals surface area contributed by atoms with E-state index in [1.807, 2.05) is 0 Å². The highest BCUT2D eigenvalue weighted by atomic mass is 19.4. The molecule has 0 saturated carbocycles. The molecule has 0 aliphatic carbocycles. The van der Waals surface area contributed by atoms with E-state index in [2.05, 4.69) is 0 Å². The average Bonchev–Trinajstić information content (AvgIpc) is 2.37. The minimum atomic E-state index is -4.71. The Kier molecular flexibility index (Phi) is 3.75. The van der Waals surface area contributed by atoms with Gasteiger partial charge in [0.25, 0.3) is 0 Å². The van der Waals surface area contributed by atoms with Crippen molar-refractivity contribution >= 4 is 11.6 Å². The number of halogens is 3. The van der Waals surface area contributed by atoms with Gasteiger partial charge in [0.05, 0.1) is 11.1 Å². The van der Waals surface area contributed by atoms with Crippen LogP contribution in [0.2, 0.25) is 0 Å². The topological polar surface area (TPSA) is 78.3 Å². The van der Waals surface area contributed by atoms with Crippen molar-refractivity contribution in [2.24, 2.45) is 5.73 Å². The van der Waals surface area contributed by atoms with E-state index in [1.165, 1.54) is 12.1 Å². The Bertz CT molecular complexity index is 684. The van der Waals surface area contributed by atoms with E-state index >= 15 is 0 Å². The lowest BCUT2D eigenvalue weighted by Gasteiger charge is -2.13. The highest BCUT2D eigenvalue weighted by Crippen LogP contribution is 2.35. The van der Waals surface area contributed by atoms with Crippen molar-refractivity contribution in [1.82, 2.24) is 0 Å². The Balaban J connectivity index is 2.40. The van der Waals surface area contributed by atoms with Crippen LogP contribution in [0.3, 0.4) is 0 Å². The number of nitrogen functional groups attached to an aromatic ring is 1. The molecule has 0 bridgehead atoms. The molecule has 2 rings (SSSR count). The van der Waals surface area contributed by atoms with Crippen LogP contribution < -0.4 is 16.2 Å². The predicted molar refractivity (Wildman–Crippen MR) is 70.9 cm³/mol. The van der Waals surface area contributed by atoms with Crippen LogP contribution in [0.1, 0.15) is 15.9 Å². The molecule has 0 atom stereocenters. The summed E-state index contributed by atoms with van der Waals surface area (Å²) in [6.45, 7) is 0. The lowest BCUT2D eigenvalue weighted by molar-refractivity contribution is -0.138. The van der Waals surface area contributed by atoms with Gasteiger partial charge in [-0.3, -0.25) is 4.79 Å². The van der Waals surface area contributed by atoms with Gasteiger partial charge in [0.1, 0.15) is 11.5 Å². The molecule has 0 aliphatic heterocycles. The van der Waals surface area contributed by atoms with E-state index in [-0.39, 0.29) is 11.5 Å². The first kappa shape index (κ1) is 14.7. The highest BCUT2D eigenvalue weighted by molar-refractivity contribution is 5.94. The molecule has 0 aromatic heterocycles. The number of nitrogens with two attached hydrogens (primary N) is 2. The van der Waals surface area contributed by atoms with E-state index in [4.69, 9.17) is 16.2 Å². The second-order valence-electron chi connectivity index (χ2n) is 4.24. The molecular weight excluding hydrogens is 285 g/mol. The van der Waals surface area contributed by atoms with Crippen molar-refractivity contribution in [3.05, 3.63) is 53.6 Å². The molecule has 0 fully saturated rings. The van der Waals surface area contributed by atoms with Crippen LogP contribution in [0.5, 0.6) is 11.5 Å². The third kappa shape index (κ3) is 3.44. The van der Waals surface area contributed by atoms with Crippen LogP contribution in [0, 0.1) is 0 Å². The van der Waals surface area contributed by atoms with Crippen molar-refractivity contribution in [3.8, 4) is 11.5 Å². The minimum Gasteiger partial charge on any atom is -0.457 e. The van der Waals surface area contributed by atoms with Crippen LogP contribution in [0.4, 0.5) is 18.9 Å². The number of carbonyl (C=O) groups is 1. The van der Waals surface area contributed by atoms with Crippen LogP contribution in [0.15, 0.2) is 42.5 Å². The van der Waals surface area contributed by atoms with E-state index in [9.17, 15) is 18.0 Å². The summed E-state index contributed by atoms with van der Waals surface area (Å²) in [7, 11) is 0. The number of rotatable bonds is 3. The number of primary amides is 1. The molecule has 2 aromatic rings. The first-order valence-corrected chi connectivity index (χ1v) is 5.82. The van der Waals surface area contributed by atoms with Crippen molar-refractivity contribution in [3.63, 3.8) is 0 Å². The molecule has 7 heteroatoms. The maximum absolute atomic E-state index is 12.9. The fourth-order valence-corrected chi connectivity index (χ4v) is 1.75. The smallest absolute Gasteiger partial charge is 0.417 e. The third-order valence-electron chi connectivity index (χ3n) is 2.66. The Morgan fingerprint density at radius 2 is 1.71 bits per heavy atom. The summed E-state index contributed by atoms with van der Waals surface area (Å²) in [5.74, 6) is -0.939. The molecule has 1 amide bonds. The monoisotopic (exact) mass is 296 g/mol. The third-order valence-corrected chi connectivity index (χ3v) is 2.66. The number of hydrogen-bond donors (Lipinski definition) is 2. The molecule has 4 N–H and O–H groups in total. The Labute approximate surface area is 118 Å². The van der Waals surface area contributed by atoms with E-state index in [0.717, 1.165) is 12.1 Å². The largest absolute Gasteiger partial charge is 0.457 e. The number of anilines is 1. The van der Waals surface area contributed by atoms with Gasteiger partial charge in [-0.1, -0.05) is 6.07 Å². The summed E-state index contributed by atoms with van der Waals surface area (Å²) in [6.07, 6.45) is -4.71. The summed E-state index contributed by atoms with van der Waals surface area (Å²) in [5.41, 5.74) is 9.15. The van der Waals surface area contributed by atoms with Gasteiger partial charge in [-0.05, 0) is 30.3 Å². The van der Waals surface area contributed by atoms with E-state index < -0.39 is 23.2 Å². The molecule has 4 nitrogen and oxygen atoms in total. The Morgan fingerprint density at radius 3 is 2.29 bits per heavy atom. The molecule has 0 unspecified atom stereocenters. The number of amides is 1. The first-order valence-electron chi connectivity index (χ1n) is 5.82. The summed E-state index contributed by atoms with van der Waals surface area (Å²) in [5, 5.41) is 0. The summed E-state index contributed by atoms with van der Waals surface area (Å²) in [4.78, 5) is 11.0. The second kappa shape index (κ2) is 5.35. The van der Waals surface area contributed by atoms with Gasteiger partial charge in [0.2, 0.25) is 5.91 Å². The van der Waals surface area contributed by atoms with Gasteiger partial charge in [0, 0.05) is 11.8 Å². The van der Waals surface area contributed by atoms with Gasteiger partial charge in [0.15, 0.2) is 0 Å². The number of ether oxygens (including phenoxy) is 1. The standard InChI is InChI=1S/C14H11F3N2O2/c15-14(16,17)12-7-10(4-5-11(12)13(19)20)21-9-3-1-2-8(18)6-9/h1-7H,18H2,(H2,19,20). The van der Waals surface area contributed by atoms with Crippen molar-refractivity contribution in [1.29, 1.82) is 0 Å². The van der Waals surface area contributed by atoms with Gasteiger partial charge < -0.3 is 16.2 Å². The van der Waals surface area contributed by atoms with Gasteiger partial charge in [-0.15, -0.1) is 0 Å². The zero-order valence-corrected chi connectivity index (χ0v) is 10.6. The SMILES string of the molecule is NC(=O)c1ccc(Oc2cccc(N)c2)cc1C(F)(F)F. The molecular formula is C14H11F3N2O2. The van der Waals surface area contributed by atoms with E-state index in [1.54, 1.807) is 18.2 Å². The fourth-order valence-electron chi connectivity index (χ4n) is 1.75. The Hall–Kier alpha value is -2.70. The second-order valence-corrected chi connectivity index (χ2v) is 4.24. The molecule has 0 aliphatic rings. The molecule has 0 spiro atoms. The van der Waals surface area contributed by atoms with Gasteiger partial charge >= 0.3 is 6.18 Å². The number of hydrogen-bond acceptors (Lipinski definition) is 3. The molecule has 0 radical (unpaired) electrons. The van der Waals surface area contributed by atoms with Gasteiger partial charge in [-0.25, -0.2) is 0 Å². The molecule has 0 saturated heterocycles. The maximum atomic E-state index is 12.9. The molecule has 2 aromatic carbocycles. The summed E-state index contributed by atoms with van der Waals surface area (Å²) in [6, 6.07) is 9.17. The fraction of sp³-hybridized carbons (Fsp3) is 0.0714. The number of alkyl halides is 3. The maximum Gasteiger partial charge on any atom is 0.417 e. The zero-order chi connectivity index (χ0) is 15.6. The number of benzene rings is 2. The van der Waals surface area contributed by atoms with Crippen molar-refractivity contribution < 1.29 is 22.7 Å². The average molecular weight is 296 g/mol. The zero-order valence-electron chi connectivity index (χ0n) is 10.6. The van der Waals surface area contributed by atoms with Crippen molar-refractivity contribution in [2.75, 3.05) is 5.73 Å². The lowest BCUT2D eigenvalue weighted by Crippen LogP contribution is -2.18. The summed E-state index contributed by atoms with van der Waals surface area (Å²) >= 11 is 0. The normalized spacial score (nSPS) is 11.2.